The van der Waals surface area contributed by atoms with Crippen LogP contribution in [0.2, 0.25) is 0 Å². The summed E-state index contributed by atoms with van der Waals surface area (Å²) in [5.41, 5.74) is 4.92. The SMILES string of the molecule is CC[C@H](C)c1ccc(N=Cc2ccc(OCc3ccc(C(=O)N4CCCCC4)cc3)c(OC)c2)cc1. The highest BCUT2D eigenvalue weighted by Gasteiger charge is 2.18. The summed E-state index contributed by atoms with van der Waals surface area (Å²) < 4.78 is 11.6. The number of carbonyl (C=O) groups excluding carboxylic acids is 1. The van der Waals surface area contributed by atoms with Crippen molar-refractivity contribution >= 4 is 17.8 Å². The number of piperidine rings is 1. The number of benzene rings is 3. The van der Waals surface area contributed by atoms with E-state index in [1.807, 2.05) is 53.6 Å². The van der Waals surface area contributed by atoms with Gasteiger partial charge in [-0.15, -0.1) is 0 Å². The summed E-state index contributed by atoms with van der Waals surface area (Å²) in [6, 6.07) is 21.9. The molecule has 1 saturated heterocycles. The van der Waals surface area contributed by atoms with E-state index >= 15 is 0 Å². The van der Waals surface area contributed by atoms with Crippen molar-refractivity contribution in [1.29, 1.82) is 0 Å². The van der Waals surface area contributed by atoms with Gasteiger partial charge in [-0.1, -0.05) is 38.1 Å². The van der Waals surface area contributed by atoms with Gasteiger partial charge in [0, 0.05) is 24.9 Å². The first-order valence-corrected chi connectivity index (χ1v) is 12.9. The summed E-state index contributed by atoms with van der Waals surface area (Å²) in [5.74, 6) is 2.00. The fourth-order valence-electron chi connectivity index (χ4n) is 4.34. The molecule has 5 nitrogen and oxygen atoms in total. The fourth-order valence-corrected chi connectivity index (χ4v) is 4.34. The number of amides is 1. The molecule has 0 unspecified atom stereocenters. The van der Waals surface area contributed by atoms with Crippen molar-refractivity contribution in [2.24, 2.45) is 4.99 Å². The van der Waals surface area contributed by atoms with Crippen molar-refractivity contribution in [3.63, 3.8) is 0 Å². The van der Waals surface area contributed by atoms with E-state index in [1.165, 1.54) is 12.0 Å². The number of carbonyl (C=O) groups is 1. The molecule has 0 spiro atoms. The highest BCUT2D eigenvalue weighted by Crippen LogP contribution is 2.29. The third-order valence-electron chi connectivity index (χ3n) is 6.86. The van der Waals surface area contributed by atoms with Crippen molar-refractivity contribution in [1.82, 2.24) is 4.90 Å². The van der Waals surface area contributed by atoms with Crippen LogP contribution in [0.25, 0.3) is 0 Å². The van der Waals surface area contributed by atoms with Gasteiger partial charge in [-0.05, 0) is 90.8 Å². The van der Waals surface area contributed by atoms with Gasteiger partial charge in [0.15, 0.2) is 11.5 Å². The molecule has 0 aliphatic carbocycles. The number of aliphatic imine (C=N–C) groups is 1. The van der Waals surface area contributed by atoms with Gasteiger partial charge in [0.2, 0.25) is 0 Å². The van der Waals surface area contributed by atoms with Crippen molar-refractivity contribution < 1.29 is 14.3 Å². The molecular formula is C31H36N2O3. The first kappa shape index (κ1) is 25.5. The summed E-state index contributed by atoms with van der Waals surface area (Å²) in [6.07, 6.45) is 6.36. The second-order valence-electron chi connectivity index (χ2n) is 9.41. The Labute approximate surface area is 214 Å². The summed E-state index contributed by atoms with van der Waals surface area (Å²) >= 11 is 0. The average Bonchev–Trinajstić information content (AvgIpc) is 2.95. The minimum Gasteiger partial charge on any atom is -0.493 e. The van der Waals surface area contributed by atoms with Crippen LogP contribution in [-0.4, -0.2) is 37.2 Å². The number of methoxy groups -OCH3 is 1. The topological polar surface area (TPSA) is 51.1 Å². The van der Waals surface area contributed by atoms with E-state index in [-0.39, 0.29) is 5.91 Å². The van der Waals surface area contributed by atoms with E-state index in [9.17, 15) is 4.79 Å². The molecule has 0 aromatic heterocycles. The Morgan fingerprint density at radius 2 is 1.69 bits per heavy atom. The molecule has 1 heterocycles. The predicted octanol–water partition coefficient (Wildman–Crippen LogP) is 7.16. The molecule has 5 heteroatoms. The van der Waals surface area contributed by atoms with E-state index in [4.69, 9.17) is 9.47 Å². The maximum absolute atomic E-state index is 12.7. The fraction of sp³-hybridized carbons (Fsp3) is 0.355. The van der Waals surface area contributed by atoms with Crippen LogP contribution in [0.5, 0.6) is 11.5 Å². The van der Waals surface area contributed by atoms with Gasteiger partial charge in [-0.2, -0.15) is 0 Å². The summed E-state index contributed by atoms with van der Waals surface area (Å²) in [7, 11) is 1.64. The Morgan fingerprint density at radius 1 is 0.972 bits per heavy atom. The molecule has 3 aromatic carbocycles. The third-order valence-corrected chi connectivity index (χ3v) is 6.86. The van der Waals surface area contributed by atoms with Gasteiger partial charge in [0.1, 0.15) is 6.61 Å². The van der Waals surface area contributed by atoms with Crippen LogP contribution < -0.4 is 9.47 Å². The van der Waals surface area contributed by atoms with E-state index in [1.54, 1.807) is 7.11 Å². The Kier molecular flexibility index (Phi) is 8.77. The first-order chi connectivity index (χ1) is 17.6. The zero-order chi connectivity index (χ0) is 25.3. The normalized spacial score (nSPS) is 14.6. The molecule has 0 bridgehead atoms. The number of nitrogens with zero attached hydrogens (tertiary/aromatic N) is 2. The smallest absolute Gasteiger partial charge is 0.253 e. The summed E-state index contributed by atoms with van der Waals surface area (Å²) in [6.45, 7) is 6.54. The Morgan fingerprint density at radius 3 is 2.36 bits per heavy atom. The highest BCUT2D eigenvalue weighted by atomic mass is 16.5. The first-order valence-electron chi connectivity index (χ1n) is 12.9. The molecule has 1 fully saturated rings. The Bertz CT molecular complexity index is 1160. The molecule has 3 aromatic rings. The standard InChI is InChI=1S/C31H36N2O3/c1-4-23(2)26-13-15-28(16-14-26)32-21-25-10-17-29(30(20-25)35-3)36-22-24-8-11-27(12-9-24)31(34)33-18-6-5-7-19-33/h8-17,20-21,23H,4-7,18-19,22H2,1-3H3/t23-/m0/s1. The molecule has 188 valence electrons. The van der Waals surface area contributed by atoms with Crippen molar-refractivity contribution in [3.8, 4) is 11.5 Å². The van der Waals surface area contributed by atoms with Gasteiger partial charge in [-0.3, -0.25) is 9.79 Å². The lowest BCUT2D eigenvalue weighted by molar-refractivity contribution is 0.0724. The third kappa shape index (κ3) is 6.54. The van der Waals surface area contributed by atoms with Crippen LogP contribution >= 0.6 is 0 Å². The monoisotopic (exact) mass is 484 g/mol. The largest absolute Gasteiger partial charge is 0.493 e. The van der Waals surface area contributed by atoms with Crippen LogP contribution in [0.3, 0.4) is 0 Å². The van der Waals surface area contributed by atoms with Crippen LogP contribution in [0.1, 0.15) is 72.5 Å². The quantitative estimate of drug-likeness (QED) is 0.303. The Hall–Kier alpha value is -3.60. The summed E-state index contributed by atoms with van der Waals surface area (Å²) in [5, 5.41) is 0. The molecule has 0 N–H and O–H groups in total. The lowest BCUT2D eigenvalue weighted by Crippen LogP contribution is -2.35. The predicted molar refractivity (Wildman–Crippen MR) is 146 cm³/mol. The molecular weight excluding hydrogens is 448 g/mol. The molecule has 1 amide bonds. The van der Waals surface area contributed by atoms with Gasteiger partial charge >= 0.3 is 0 Å². The molecule has 36 heavy (non-hydrogen) atoms. The van der Waals surface area contributed by atoms with Crippen LogP contribution in [0.4, 0.5) is 5.69 Å². The van der Waals surface area contributed by atoms with Crippen LogP contribution in [0, 0.1) is 0 Å². The number of ether oxygens (including phenoxy) is 2. The average molecular weight is 485 g/mol. The number of rotatable bonds is 9. The molecule has 1 aliphatic heterocycles. The lowest BCUT2D eigenvalue weighted by atomic mass is 9.99. The second-order valence-corrected chi connectivity index (χ2v) is 9.41. The molecule has 0 saturated carbocycles. The van der Waals surface area contributed by atoms with Crippen molar-refractivity contribution in [2.45, 2.75) is 52.1 Å². The maximum Gasteiger partial charge on any atom is 0.253 e. The van der Waals surface area contributed by atoms with E-state index in [2.05, 4.69) is 43.1 Å². The zero-order valence-electron chi connectivity index (χ0n) is 21.6. The maximum atomic E-state index is 12.7. The molecule has 1 aliphatic rings. The van der Waals surface area contributed by atoms with E-state index in [0.29, 0.717) is 24.0 Å². The number of likely N-dealkylation sites (tertiary alicyclic amines) is 1. The van der Waals surface area contributed by atoms with Crippen molar-refractivity contribution in [3.05, 3.63) is 89.0 Å². The van der Waals surface area contributed by atoms with Crippen LogP contribution in [-0.2, 0) is 6.61 Å². The van der Waals surface area contributed by atoms with Crippen molar-refractivity contribution in [2.75, 3.05) is 20.2 Å². The molecule has 4 rings (SSSR count). The van der Waals surface area contributed by atoms with E-state index in [0.717, 1.165) is 54.7 Å². The van der Waals surface area contributed by atoms with Gasteiger partial charge < -0.3 is 14.4 Å². The van der Waals surface area contributed by atoms with Gasteiger partial charge in [0.05, 0.1) is 12.8 Å². The Balaban J connectivity index is 1.36. The summed E-state index contributed by atoms with van der Waals surface area (Å²) in [4.78, 5) is 19.2. The number of hydrogen-bond donors (Lipinski definition) is 0. The van der Waals surface area contributed by atoms with Crippen LogP contribution in [0.15, 0.2) is 71.7 Å². The molecule has 0 radical (unpaired) electrons. The highest BCUT2D eigenvalue weighted by molar-refractivity contribution is 5.94. The zero-order valence-corrected chi connectivity index (χ0v) is 21.6. The number of hydrogen-bond acceptors (Lipinski definition) is 4. The van der Waals surface area contributed by atoms with Gasteiger partial charge in [0.25, 0.3) is 5.91 Å². The molecule has 1 atom stereocenters. The lowest BCUT2D eigenvalue weighted by Gasteiger charge is -2.26. The van der Waals surface area contributed by atoms with E-state index < -0.39 is 0 Å². The second kappa shape index (κ2) is 12.4. The minimum atomic E-state index is 0.118. The van der Waals surface area contributed by atoms with Gasteiger partial charge in [-0.25, -0.2) is 0 Å². The minimum absolute atomic E-state index is 0.118.